The van der Waals surface area contributed by atoms with Gasteiger partial charge < -0.3 is 18.9 Å². The smallest absolute Gasteiger partial charge is 0.335 e. The molecule has 0 radical (unpaired) electrons. The Morgan fingerprint density at radius 3 is 2.42 bits per heavy atom. The van der Waals surface area contributed by atoms with Crippen LogP contribution in [0.3, 0.4) is 0 Å². The summed E-state index contributed by atoms with van der Waals surface area (Å²) >= 11 is 6.04. The molecule has 0 fully saturated rings. The number of aromatic nitrogens is 3. The Morgan fingerprint density at radius 2 is 1.80 bits per heavy atom. The molecule has 40 heavy (non-hydrogen) atoms. The fourth-order valence-electron chi connectivity index (χ4n) is 3.97. The Hall–Kier alpha value is -3.67. The van der Waals surface area contributed by atoms with Crippen LogP contribution in [0.4, 0.5) is 5.69 Å². The van der Waals surface area contributed by atoms with Crippen LogP contribution in [-0.2, 0) is 32.1 Å². The maximum Gasteiger partial charge on any atom is 0.335 e. The molecule has 0 aliphatic heterocycles. The molecule has 0 bridgehead atoms. The lowest BCUT2D eigenvalue weighted by Crippen LogP contribution is -2.51. The van der Waals surface area contributed by atoms with Crippen molar-refractivity contribution in [3.05, 3.63) is 85.2 Å². The molecule has 3 rings (SSSR count). The van der Waals surface area contributed by atoms with E-state index < -0.39 is 23.3 Å². The van der Waals surface area contributed by atoms with Crippen molar-refractivity contribution >= 4 is 23.3 Å². The highest BCUT2D eigenvalue weighted by Crippen LogP contribution is 2.24. The van der Waals surface area contributed by atoms with E-state index in [1.165, 1.54) is 18.8 Å². The second-order valence-corrected chi connectivity index (χ2v) is 9.85. The molecule has 0 saturated carbocycles. The predicted molar refractivity (Wildman–Crippen MR) is 150 cm³/mol. The lowest BCUT2D eigenvalue weighted by atomic mass is 10.1. The Bertz CT molecular complexity index is 1480. The van der Waals surface area contributed by atoms with E-state index in [1.807, 2.05) is 26.8 Å². The number of hydrogen-bond donors (Lipinski definition) is 1. The summed E-state index contributed by atoms with van der Waals surface area (Å²) < 4.78 is 23.2. The number of carbonyl (C=O) groups excluding carboxylic acids is 1. The zero-order chi connectivity index (χ0) is 29.2. The number of H-pyrrole nitrogens is 1. The number of halogens is 1. The summed E-state index contributed by atoms with van der Waals surface area (Å²) in [7, 11) is 2.73. The van der Waals surface area contributed by atoms with Crippen LogP contribution in [0.1, 0.15) is 31.4 Å². The highest BCUT2D eigenvalue weighted by Gasteiger charge is 2.23. The maximum absolute atomic E-state index is 13.7. The molecule has 1 N–H and O–H groups in total. The lowest BCUT2D eigenvalue weighted by Gasteiger charge is -2.17. The van der Waals surface area contributed by atoms with Crippen LogP contribution in [-0.4, -0.2) is 53.8 Å². The number of ether oxygens (including phenoxy) is 4. The average molecular weight is 575 g/mol. The number of benzene rings is 2. The quantitative estimate of drug-likeness (QED) is 0.189. The Kier molecular flexibility index (Phi) is 11.3. The van der Waals surface area contributed by atoms with Gasteiger partial charge in [0.1, 0.15) is 12.5 Å². The molecule has 2 aromatic carbocycles. The van der Waals surface area contributed by atoms with Crippen LogP contribution < -0.4 is 21.7 Å². The van der Waals surface area contributed by atoms with Crippen molar-refractivity contribution in [3.63, 3.8) is 0 Å². The zero-order valence-electron chi connectivity index (χ0n) is 23.3. The van der Waals surface area contributed by atoms with Gasteiger partial charge in [-0.15, -0.1) is 0 Å². The summed E-state index contributed by atoms with van der Waals surface area (Å²) in [6.07, 6.45) is 0.224. The molecular formula is C28H35ClN4O7. The van der Waals surface area contributed by atoms with E-state index in [9.17, 15) is 14.4 Å². The van der Waals surface area contributed by atoms with Gasteiger partial charge in [0.2, 0.25) is 5.62 Å². The van der Waals surface area contributed by atoms with E-state index in [1.54, 1.807) is 36.4 Å². The number of rotatable bonds is 13. The summed E-state index contributed by atoms with van der Waals surface area (Å²) in [4.78, 5) is 46.7. The first-order valence-electron chi connectivity index (χ1n) is 12.8. The third kappa shape index (κ3) is 8.41. The van der Waals surface area contributed by atoms with Crippen LogP contribution in [0.15, 0.2) is 57.0 Å². The van der Waals surface area contributed by atoms with Gasteiger partial charge in [0.05, 0.1) is 38.0 Å². The van der Waals surface area contributed by atoms with E-state index in [0.29, 0.717) is 10.7 Å². The number of methoxy groups -OCH3 is 2. The topological polar surface area (TPSA) is 126 Å². The van der Waals surface area contributed by atoms with E-state index in [4.69, 9.17) is 30.5 Å². The third-order valence-electron chi connectivity index (χ3n) is 5.94. The highest BCUT2D eigenvalue weighted by molar-refractivity contribution is 6.30. The van der Waals surface area contributed by atoms with Gasteiger partial charge in [-0.2, -0.15) is 0 Å². The monoisotopic (exact) mass is 574 g/mol. The van der Waals surface area contributed by atoms with Crippen LogP contribution in [0.5, 0.6) is 5.75 Å². The fraction of sp³-hybridized carbons (Fsp3) is 0.429. The molecule has 0 aliphatic rings. The first-order valence-corrected chi connectivity index (χ1v) is 13.2. The molecule has 1 atom stereocenters. The molecule has 216 valence electrons. The minimum atomic E-state index is -0.802. The third-order valence-corrected chi connectivity index (χ3v) is 6.19. The molecule has 0 spiro atoms. The standard InChI is InChI=1S/C28H35ClN4O7/c1-18(2)40-24-11-10-23(14-19(24)3)30-26-31-27(35)33(16-21(25(34)38-5)12-13-39-17-37-4)28(36)32(26)15-20-6-8-22(29)9-7-20/h6-11,14,18,21H,12-13,15-17H2,1-5H3,(H,30,31,35)/t21-/m0/s1. The van der Waals surface area contributed by atoms with E-state index in [-0.39, 0.29) is 44.6 Å². The van der Waals surface area contributed by atoms with E-state index in [2.05, 4.69) is 9.98 Å². The summed E-state index contributed by atoms with van der Waals surface area (Å²) in [5.74, 6) is -0.650. The van der Waals surface area contributed by atoms with Crippen molar-refractivity contribution in [2.75, 3.05) is 27.6 Å². The number of nitrogens with zero attached hydrogens (tertiary/aromatic N) is 3. The largest absolute Gasteiger partial charge is 0.491 e. The normalized spacial score (nSPS) is 12.5. The summed E-state index contributed by atoms with van der Waals surface area (Å²) in [6.45, 7) is 5.88. The van der Waals surface area contributed by atoms with Crippen LogP contribution >= 0.6 is 11.6 Å². The van der Waals surface area contributed by atoms with Crippen molar-refractivity contribution in [3.8, 4) is 5.75 Å². The van der Waals surface area contributed by atoms with Crippen molar-refractivity contribution in [1.82, 2.24) is 14.1 Å². The molecule has 1 aromatic heterocycles. The van der Waals surface area contributed by atoms with Crippen molar-refractivity contribution in [2.45, 2.75) is 46.4 Å². The number of carbonyl (C=O) groups is 1. The summed E-state index contributed by atoms with van der Waals surface area (Å²) in [6, 6.07) is 12.3. The van der Waals surface area contributed by atoms with Gasteiger partial charge in [0, 0.05) is 18.7 Å². The van der Waals surface area contributed by atoms with Gasteiger partial charge in [0.25, 0.3) is 0 Å². The maximum atomic E-state index is 13.7. The van der Waals surface area contributed by atoms with Gasteiger partial charge in [-0.25, -0.2) is 19.1 Å². The molecule has 0 amide bonds. The minimum Gasteiger partial charge on any atom is -0.491 e. The average Bonchev–Trinajstić information content (AvgIpc) is 2.92. The van der Waals surface area contributed by atoms with Gasteiger partial charge in [-0.3, -0.25) is 14.3 Å². The van der Waals surface area contributed by atoms with E-state index >= 15 is 0 Å². The SMILES string of the molecule is COCOCC[C@@H](Cn1c(=O)[nH]c(=Nc2ccc(OC(C)C)c(C)c2)n(Cc2ccc(Cl)cc2)c1=O)C(=O)OC. The number of esters is 1. The molecule has 3 aromatic rings. The van der Waals surface area contributed by atoms with Crippen LogP contribution in [0, 0.1) is 12.8 Å². The zero-order valence-corrected chi connectivity index (χ0v) is 24.1. The van der Waals surface area contributed by atoms with Crippen LogP contribution in [0.25, 0.3) is 0 Å². The van der Waals surface area contributed by atoms with Gasteiger partial charge in [-0.05, 0) is 68.7 Å². The van der Waals surface area contributed by atoms with Crippen molar-refractivity contribution < 1.29 is 23.7 Å². The summed E-state index contributed by atoms with van der Waals surface area (Å²) in [5.41, 5.74) is 0.840. The molecule has 12 heteroatoms. The Labute approximate surface area is 237 Å². The fourth-order valence-corrected chi connectivity index (χ4v) is 4.09. The molecule has 0 unspecified atom stereocenters. The number of hydrogen-bond acceptors (Lipinski definition) is 8. The summed E-state index contributed by atoms with van der Waals surface area (Å²) in [5, 5.41) is 0.549. The molecular weight excluding hydrogens is 540 g/mol. The van der Waals surface area contributed by atoms with Gasteiger partial charge in [0.15, 0.2) is 0 Å². The van der Waals surface area contributed by atoms with Crippen molar-refractivity contribution in [2.24, 2.45) is 10.9 Å². The number of nitrogens with one attached hydrogen (secondary N) is 1. The van der Waals surface area contributed by atoms with Gasteiger partial charge in [-0.1, -0.05) is 23.7 Å². The van der Waals surface area contributed by atoms with E-state index in [0.717, 1.165) is 21.4 Å². The lowest BCUT2D eigenvalue weighted by molar-refractivity contribution is -0.147. The van der Waals surface area contributed by atoms with Crippen LogP contribution in [0.2, 0.25) is 5.02 Å². The molecule has 1 heterocycles. The number of aromatic amines is 1. The van der Waals surface area contributed by atoms with Gasteiger partial charge >= 0.3 is 17.3 Å². The number of aryl methyl sites for hydroxylation is 1. The molecule has 11 nitrogen and oxygen atoms in total. The second kappa shape index (κ2) is 14.6. The Balaban J connectivity index is 2.09. The molecule has 0 saturated heterocycles. The van der Waals surface area contributed by atoms with Crippen molar-refractivity contribution in [1.29, 1.82) is 0 Å². The highest BCUT2D eigenvalue weighted by atomic mass is 35.5. The second-order valence-electron chi connectivity index (χ2n) is 9.41. The Morgan fingerprint density at radius 1 is 1.07 bits per heavy atom. The first-order chi connectivity index (χ1) is 19.1. The minimum absolute atomic E-state index is 0.00678. The predicted octanol–water partition coefficient (Wildman–Crippen LogP) is 3.17. The molecule has 0 aliphatic carbocycles. The first kappa shape index (κ1) is 30.9.